The lowest BCUT2D eigenvalue weighted by Gasteiger charge is -2.25. The van der Waals surface area contributed by atoms with Gasteiger partial charge in [-0.25, -0.2) is 0 Å². The summed E-state index contributed by atoms with van der Waals surface area (Å²) in [5.41, 5.74) is 2.17. The van der Waals surface area contributed by atoms with E-state index in [2.05, 4.69) is 22.5 Å². The molecule has 6 heteroatoms. The molecule has 6 nitrogen and oxygen atoms in total. The molecule has 0 spiro atoms. The number of para-hydroxylation sites is 1. The third-order valence-corrected chi connectivity index (χ3v) is 4.95. The van der Waals surface area contributed by atoms with E-state index in [1.807, 2.05) is 41.2 Å². The zero-order chi connectivity index (χ0) is 18.6. The van der Waals surface area contributed by atoms with E-state index in [1.54, 1.807) is 7.11 Å². The van der Waals surface area contributed by atoms with Crippen LogP contribution in [-0.2, 0) is 17.8 Å². The lowest BCUT2D eigenvalue weighted by atomic mass is 9.96. The number of amides is 1. The summed E-state index contributed by atoms with van der Waals surface area (Å²) in [5.74, 6) is 1.46. The van der Waals surface area contributed by atoms with Crippen molar-refractivity contribution < 1.29 is 14.3 Å². The van der Waals surface area contributed by atoms with Crippen LogP contribution in [0.2, 0.25) is 0 Å². The first kappa shape index (κ1) is 17.4. The fourth-order valence-electron chi connectivity index (χ4n) is 3.44. The van der Waals surface area contributed by atoms with Gasteiger partial charge in [0.25, 0.3) is 0 Å². The molecule has 2 heterocycles. The number of fused-ring (bicyclic) bond motifs is 2. The monoisotopic (exact) mass is 365 g/mol. The Balaban J connectivity index is 1.27. The summed E-state index contributed by atoms with van der Waals surface area (Å²) in [4.78, 5) is 12.5. The molecule has 0 unspecified atom stereocenters. The number of aryl methyl sites for hydroxylation is 1. The fourth-order valence-corrected chi connectivity index (χ4v) is 3.44. The molecule has 140 valence electrons. The van der Waals surface area contributed by atoms with Gasteiger partial charge in [0.1, 0.15) is 18.1 Å². The first-order valence-corrected chi connectivity index (χ1v) is 9.22. The number of carbonyl (C=O) groups is 1. The number of carbonyl (C=O) groups excluding carboxylic acids is 1. The molecule has 27 heavy (non-hydrogen) atoms. The minimum Gasteiger partial charge on any atom is -0.497 e. The van der Waals surface area contributed by atoms with Crippen LogP contribution < -0.4 is 14.8 Å². The van der Waals surface area contributed by atoms with Crippen molar-refractivity contribution in [1.29, 1.82) is 0 Å². The third-order valence-electron chi connectivity index (χ3n) is 4.95. The summed E-state index contributed by atoms with van der Waals surface area (Å²) in [6.45, 7) is 1.80. The third kappa shape index (κ3) is 3.74. The number of nitrogens with one attached hydrogen (secondary N) is 1. The molecule has 0 saturated heterocycles. The quantitative estimate of drug-likeness (QED) is 0.682. The van der Waals surface area contributed by atoms with Gasteiger partial charge in [0.2, 0.25) is 5.91 Å². The Morgan fingerprint density at radius 3 is 3.11 bits per heavy atom. The van der Waals surface area contributed by atoms with E-state index in [0.29, 0.717) is 19.6 Å². The molecule has 0 fully saturated rings. The standard InChI is InChI=1S/C21H23N3O3/c1-26-18-8-7-15-11-17(14-27-20(15)12-18)21(25)22-9-4-10-24-19-6-3-2-5-16(19)13-23-24/h2-3,5-8,12-13,17H,4,9-11,14H2,1H3,(H,22,25)/t17-/m1/s1. The van der Waals surface area contributed by atoms with Crippen molar-refractivity contribution >= 4 is 16.8 Å². The van der Waals surface area contributed by atoms with Crippen molar-refractivity contribution in [2.24, 2.45) is 5.92 Å². The molecule has 0 radical (unpaired) electrons. The molecule has 1 aliphatic rings. The number of nitrogens with zero attached hydrogens (tertiary/aromatic N) is 2. The molecular weight excluding hydrogens is 342 g/mol. The van der Waals surface area contributed by atoms with Crippen LogP contribution in [-0.4, -0.2) is 35.9 Å². The number of aromatic nitrogens is 2. The summed E-state index contributed by atoms with van der Waals surface area (Å²) < 4.78 is 13.0. The number of ether oxygens (including phenoxy) is 2. The predicted octanol–water partition coefficient (Wildman–Crippen LogP) is 2.80. The number of hydrogen-bond donors (Lipinski definition) is 1. The predicted molar refractivity (Wildman–Crippen MR) is 103 cm³/mol. The van der Waals surface area contributed by atoms with Crippen LogP contribution in [0.3, 0.4) is 0 Å². The molecule has 1 N–H and O–H groups in total. The van der Waals surface area contributed by atoms with Crippen LogP contribution in [0, 0.1) is 5.92 Å². The Hall–Kier alpha value is -3.02. The van der Waals surface area contributed by atoms with E-state index >= 15 is 0 Å². The summed E-state index contributed by atoms with van der Waals surface area (Å²) in [5, 5.41) is 8.58. The minimum atomic E-state index is -0.156. The van der Waals surface area contributed by atoms with Gasteiger partial charge in [0, 0.05) is 24.5 Å². The summed E-state index contributed by atoms with van der Waals surface area (Å²) in [6.07, 6.45) is 3.40. The molecule has 1 amide bonds. The minimum absolute atomic E-state index is 0.0433. The lowest BCUT2D eigenvalue weighted by molar-refractivity contribution is -0.126. The van der Waals surface area contributed by atoms with E-state index in [9.17, 15) is 4.79 Å². The molecule has 4 rings (SSSR count). The second-order valence-electron chi connectivity index (χ2n) is 6.76. The Bertz CT molecular complexity index is 951. The Labute approximate surface area is 158 Å². The molecule has 3 aromatic rings. The van der Waals surface area contributed by atoms with E-state index in [-0.39, 0.29) is 11.8 Å². The maximum Gasteiger partial charge on any atom is 0.226 e. The second kappa shape index (κ2) is 7.70. The van der Waals surface area contributed by atoms with Crippen LogP contribution >= 0.6 is 0 Å². The number of methoxy groups -OCH3 is 1. The summed E-state index contributed by atoms with van der Waals surface area (Å²) in [6, 6.07) is 13.9. The Morgan fingerprint density at radius 2 is 2.22 bits per heavy atom. The van der Waals surface area contributed by atoms with Crippen molar-refractivity contribution in [2.45, 2.75) is 19.4 Å². The van der Waals surface area contributed by atoms with Gasteiger partial charge in [-0.15, -0.1) is 0 Å². The van der Waals surface area contributed by atoms with Crippen molar-refractivity contribution in [2.75, 3.05) is 20.3 Å². The fraction of sp³-hybridized carbons (Fsp3) is 0.333. The first-order chi connectivity index (χ1) is 13.2. The van der Waals surface area contributed by atoms with E-state index in [4.69, 9.17) is 9.47 Å². The average molecular weight is 365 g/mol. The first-order valence-electron chi connectivity index (χ1n) is 9.22. The zero-order valence-electron chi connectivity index (χ0n) is 15.4. The smallest absolute Gasteiger partial charge is 0.226 e. The zero-order valence-corrected chi connectivity index (χ0v) is 15.4. The van der Waals surface area contributed by atoms with Crippen molar-refractivity contribution in [3.05, 3.63) is 54.2 Å². The van der Waals surface area contributed by atoms with Crippen molar-refractivity contribution in [3.63, 3.8) is 0 Å². The number of rotatable bonds is 6. The second-order valence-corrected chi connectivity index (χ2v) is 6.76. The van der Waals surface area contributed by atoms with Gasteiger partial charge in [-0.2, -0.15) is 5.10 Å². The average Bonchev–Trinajstić information content (AvgIpc) is 3.13. The molecule has 1 aliphatic heterocycles. The van der Waals surface area contributed by atoms with Gasteiger partial charge in [0.05, 0.1) is 24.7 Å². The number of benzene rings is 2. The highest BCUT2D eigenvalue weighted by Gasteiger charge is 2.26. The van der Waals surface area contributed by atoms with Crippen LogP contribution in [0.15, 0.2) is 48.7 Å². The Kier molecular flexibility index (Phi) is 4.96. The van der Waals surface area contributed by atoms with Crippen LogP contribution in [0.1, 0.15) is 12.0 Å². The highest BCUT2D eigenvalue weighted by Crippen LogP contribution is 2.31. The molecule has 0 aliphatic carbocycles. The van der Waals surface area contributed by atoms with E-state index in [1.165, 1.54) is 0 Å². The van der Waals surface area contributed by atoms with Gasteiger partial charge in [-0.1, -0.05) is 24.3 Å². The van der Waals surface area contributed by atoms with Crippen LogP contribution in [0.5, 0.6) is 11.5 Å². The van der Waals surface area contributed by atoms with Gasteiger partial charge in [0.15, 0.2) is 0 Å². The van der Waals surface area contributed by atoms with Gasteiger partial charge in [-0.05, 0) is 30.5 Å². The van der Waals surface area contributed by atoms with Crippen molar-refractivity contribution in [1.82, 2.24) is 15.1 Å². The molecule has 1 atom stereocenters. The summed E-state index contributed by atoms with van der Waals surface area (Å²) in [7, 11) is 1.63. The van der Waals surface area contributed by atoms with Gasteiger partial charge >= 0.3 is 0 Å². The molecule has 1 aromatic heterocycles. The van der Waals surface area contributed by atoms with E-state index in [0.717, 1.165) is 40.9 Å². The van der Waals surface area contributed by atoms with Gasteiger partial charge in [-0.3, -0.25) is 9.48 Å². The SMILES string of the molecule is COc1ccc2c(c1)OC[C@H](C(=O)NCCCn1ncc3ccccc31)C2. The van der Waals surface area contributed by atoms with Crippen molar-refractivity contribution in [3.8, 4) is 11.5 Å². The van der Waals surface area contributed by atoms with Crippen LogP contribution in [0.4, 0.5) is 0 Å². The molecule has 0 saturated carbocycles. The maximum atomic E-state index is 12.5. The van der Waals surface area contributed by atoms with Gasteiger partial charge < -0.3 is 14.8 Å². The molecular formula is C21H23N3O3. The molecule has 2 aromatic carbocycles. The van der Waals surface area contributed by atoms with Crippen LogP contribution in [0.25, 0.3) is 10.9 Å². The normalized spacial score (nSPS) is 15.8. The number of hydrogen-bond acceptors (Lipinski definition) is 4. The summed E-state index contributed by atoms with van der Waals surface area (Å²) >= 11 is 0. The highest BCUT2D eigenvalue weighted by molar-refractivity contribution is 5.79. The highest BCUT2D eigenvalue weighted by atomic mass is 16.5. The van der Waals surface area contributed by atoms with E-state index < -0.39 is 0 Å². The lowest BCUT2D eigenvalue weighted by Crippen LogP contribution is -2.38. The molecule has 0 bridgehead atoms. The largest absolute Gasteiger partial charge is 0.497 e. The topological polar surface area (TPSA) is 65.4 Å². The maximum absolute atomic E-state index is 12.5. The Morgan fingerprint density at radius 1 is 1.33 bits per heavy atom.